The number of rotatable bonds is 8. The highest BCUT2D eigenvalue weighted by atomic mass is 32.2. The number of ether oxygens (including phenoxy) is 1. The van der Waals surface area contributed by atoms with Crippen molar-refractivity contribution in [3.8, 4) is 5.88 Å². The Balaban J connectivity index is 1.78. The molecule has 152 valence electrons. The second kappa shape index (κ2) is 10.1. The average Bonchev–Trinajstić information content (AvgIpc) is 2.65. The molecule has 28 heavy (non-hydrogen) atoms. The molecular weight excluding hydrogens is 376 g/mol. The first-order chi connectivity index (χ1) is 13.3. The number of aliphatic imine (C=N–C) groups is 1. The molecule has 1 heterocycles. The molecule has 7 nitrogen and oxygen atoms in total. The quantitative estimate of drug-likeness (QED) is 0.517. The average molecular weight is 405 g/mol. The monoisotopic (exact) mass is 404 g/mol. The molecule has 0 unspecified atom stereocenters. The van der Waals surface area contributed by atoms with Crippen molar-refractivity contribution in [2.45, 2.75) is 37.8 Å². The number of hydrogen-bond acceptors (Lipinski definition) is 5. The van der Waals surface area contributed by atoms with Gasteiger partial charge in [0.05, 0.1) is 11.0 Å². The lowest BCUT2D eigenvalue weighted by atomic mass is 10.1. The van der Waals surface area contributed by atoms with Crippen LogP contribution in [0.5, 0.6) is 5.88 Å². The van der Waals surface area contributed by atoms with Gasteiger partial charge in [0, 0.05) is 38.7 Å². The Morgan fingerprint density at radius 3 is 2.32 bits per heavy atom. The first-order valence-corrected chi connectivity index (χ1v) is 11.0. The van der Waals surface area contributed by atoms with Crippen LogP contribution in [0.15, 0.2) is 52.5 Å². The van der Waals surface area contributed by atoms with E-state index in [0.29, 0.717) is 29.8 Å². The van der Waals surface area contributed by atoms with Gasteiger partial charge < -0.3 is 15.4 Å². The van der Waals surface area contributed by atoms with E-state index in [4.69, 9.17) is 4.74 Å². The Hall–Kier alpha value is -2.61. The number of nitrogens with one attached hydrogen (secondary N) is 2. The fourth-order valence-corrected chi connectivity index (χ4v) is 3.09. The maximum atomic E-state index is 11.5. The largest absolute Gasteiger partial charge is 0.475 e. The van der Waals surface area contributed by atoms with E-state index in [1.54, 1.807) is 25.4 Å². The van der Waals surface area contributed by atoms with E-state index >= 15 is 0 Å². The molecule has 0 aliphatic carbocycles. The molecule has 0 aliphatic heterocycles. The van der Waals surface area contributed by atoms with Crippen LogP contribution in [-0.4, -0.2) is 45.3 Å². The van der Waals surface area contributed by atoms with E-state index < -0.39 is 9.84 Å². The van der Waals surface area contributed by atoms with Gasteiger partial charge in [0.2, 0.25) is 5.88 Å². The third kappa shape index (κ3) is 7.19. The number of nitrogens with zero attached hydrogens (tertiary/aromatic N) is 2. The van der Waals surface area contributed by atoms with E-state index in [1.807, 2.05) is 38.1 Å². The lowest BCUT2D eigenvalue weighted by Crippen LogP contribution is -2.37. The third-order valence-electron chi connectivity index (χ3n) is 3.90. The van der Waals surface area contributed by atoms with E-state index in [1.165, 1.54) is 6.26 Å². The summed E-state index contributed by atoms with van der Waals surface area (Å²) in [5.41, 5.74) is 2.08. The van der Waals surface area contributed by atoms with Crippen LogP contribution in [0.3, 0.4) is 0 Å². The zero-order chi connectivity index (χ0) is 20.6. The molecule has 0 radical (unpaired) electrons. The van der Waals surface area contributed by atoms with Gasteiger partial charge in [0.1, 0.15) is 0 Å². The molecule has 0 amide bonds. The lowest BCUT2D eigenvalue weighted by Gasteiger charge is -2.13. The minimum Gasteiger partial charge on any atom is -0.475 e. The Morgan fingerprint density at radius 1 is 1.11 bits per heavy atom. The molecule has 2 rings (SSSR count). The van der Waals surface area contributed by atoms with Crippen LogP contribution in [-0.2, 0) is 22.8 Å². The molecule has 8 heteroatoms. The van der Waals surface area contributed by atoms with Crippen molar-refractivity contribution in [1.29, 1.82) is 0 Å². The first kappa shape index (κ1) is 21.7. The smallest absolute Gasteiger partial charge is 0.213 e. The van der Waals surface area contributed by atoms with E-state index in [9.17, 15) is 8.42 Å². The number of benzene rings is 1. The topological polar surface area (TPSA) is 92.7 Å². The van der Waals surface area contributed by atoms with Gasteiger partial charge in [-0.1, -0.05) is 18.2 Å². The third-order valence-corrected chi connectivity index (χ3v) is 5.02. The number of aromatic nitrogens is 1. The van der Waals surface area contributed by atoms with Crippen molar-refractivity contribution in [2.75, 3.05) is 19.8 Å². The number of guanidine groups is 1. The summed E-state index contributed by atoms with van der Waals surface area (Å²) < 4.78 is 28.5. The van der Waals surface area contributed by atoms with Gasteiger partial charge in [-0.05, 0) is 43.5 Å². The van der Waals surface area contributed by atoms with Gasteiger partial charge in [-0.2, -0.15) is 0 Å². The van der Waals surface area contributed by atoms with Gasteiger partial charge in [-0.3, -0.25) is 4.99 Å². The fourth-order valence-electron chi connectivity index (χ4n) is 2.46. The Bertz CT molecular complexity index is 877. The van der Waals surface area contributed by atoms with Crippen molar-refractivity contribution in [1.82, 2.24) is 15.6 Å². The lowest BCUT2D eigenvalue weighted by molar-refractivity contribution is 0.232. The summed E-state index contributed by atoms with van der Waals surface area (Å²) in [6, 6.07) is 10.8. The summed E-state index contributed by atoms with van der Waals surface area (Å²) in [7, 11) is -1.44. The van der Waals surface area contributed by atoms with Crippen molar-refractivity contribution in [3.63, 3.8) is 0 Å². The van der Waals surface area contributed by atoms with Crippen LogP contribution < -0.4 is 15.4 Å². The van der Waals surface area contributed by atoms with Crippen LogP contribution in [0.2, 0.25) is 0 Å². The first-order valence-electron chi connectivity index (χ1n) is 9.13. The molecule has 0 saturated heterocycles. The predicted octanol–water partition coefficient (Wildman–Crippen LogP) is 2.18. The second-order valence-electron chi connectivity index (χ2n) is 6.69. The Kier molecular flexibility index (Phi) is 7.80. The summed E-state index contributed by atoms with van der Waals surface area (Å²) in [6.07, 6.45) is 3.84. The molecule has 0 bridgehead atoms. The molecular formula is C20H28N4O3S. The summed E-state index contributed by atoms with van der Waals surface area (Å²) in [5, 5.41) is 6.49. The summed E-state index contributed by atoms with van der Waals surface area (Å²) in [4.78, 5) is 8.82. The van der Waals surface area contributed by atoms with Crippen molar-refractivity contribution < 1.29 is 13.2 Å². The predicted molar refractivity (Wildman–Crippen MR) is 111 cm³/mol. The van der Waals surface area contributed by atoms with Crippen LogP contribution in [0, 0.1) is 0 Å². The van der Waals surface area contributed by atoms with Crippen LogP contribution in [0.25, 0.3) is 0 Å². The molecule has 0 aliphatic rings. The van der Waals surface area contributed by atoms with Gasteiger partial charge in [0.15, 0.2) is 15.8 Å². The van der Waals surface area contributed by atoms with E-state index in [0.717, 1.165) is 17.5 Å². The number of hydrogen-bond donors (Lipinski definition) is 2. The maximum absolute atomic E-state index is 11.5. The van der Waals surface area contributed by atoms with Crippen molar-refractivity contribution >= 4 is 15.8 Å². The highest BCUT2D eigenvalue weighted by molar-refractivity contribution is 7.90. The molecule has 2 N–H and O–H groups in total. The molecule has 0 fully saturated rings. The van der Waals surface area contributed by atoms with Gasteiger partial charge in [0.25, 0.3) is 0 Å². The summed E-state index contributed by atoms with van der Waals surface area (Å²) in [5.74, 6) is 1.30. The molecule has 0 spiro atoms. The van der Waals surface area contributed by atoms with Crippen LogP contribution in [0.1, 0.15) is 25.0 Å². The maximum Gasteiger partial charge on any atom is 0.213 e. The van der Waals surface area contributed by atoms with Crippen LogP contribution >= 0.6 is 0 Å². The van der Waals surface area contributed by atoms with E-state index in [-0.39, 0.29) is 6.10 Å². The molecule has 1 aromatic carbocycles. The summed E-state index contributed by atoms with van der Waals surface area (Å²) in [6.45, 7) is 5.20. The van der Waals surface area contributed by atoms with Gasteiger partial charge >= 0.3 is 0 Å². The highest BCUT2D eigenvalue weighted by Gasteiger charge is 2.06. The number of pyridine rings is 1. The minimum atomic E-state index is -3.16. The zero-order valence-corrected chi connectivity index (χ0v) is 17.6. The standard InChI is InChI=1S/C20H28N4O3S/c1-15(2)27-19-10-7-17(13-23-19)14-24-20(21-3)22-12-11-16-5-8-18(9-6-16)28(4,25)26/h5-10,13,15H,11-12,14H2,1-4H3,(H2,21,22,24). The van der Waals surface area contributed by atoms with Crippen molar-refractivity contribution in [2.24, 2.45) is 4.99 Å². The normalized spacial score (nSPS) is 12.1. The Labute approximate surface area is 167 Å². The number of sulfone groups is 1. The van der Waals surface area contributed by atoms with Gasteiger partial charge in [-0.15, -0.1) is 0 Å². The second-order valence-corrected chi connectivity index (χ2v) is 8.71. The fraction of sp³-hybridized carbons (Fsp3) is 0.400. The molecule has 1 aromatic heterocycles. The SMILES string of the molecule is CN=C(NCCc1ccc(S(C)(=O)=O)cc1)NCc1ccc(OC(C)C)nc1. The molecule has 0 atom stereocenters. The molecule has 0 saturated carbocycles. The van der Waals surface area contributed by atoms with Gasteiger partial charge in [-0.25, -0.2) is 13.4 Å². The van der Waals surface area contributed by atoms with Crippen LogP contribution in [0.4, 0.5) is 0 Å². The van der Waals surface area contributed by atoms with E-state index in [2.05, 4.69) is 20.6 Å². The zero-order valence-electron chi connectivity index (χ0n) is 16.8. The minimum absolute atomic E-state index is 0.0991. The summed E-state index contributed by atoms with van der Waals surface area (Å²) >= 11 is 0. The van der Waals surface area contributed by atoms with Crippen molar-refractivity contribution in [3.05, 3.63) is 53.7 Å². The molecule has 2 aromatic rings. The Morgan fingerprint density at radius 2 is 1.79 bits per heavy atom. The highest BCUT2D eigenvalue weighted by Crippen LogP contribution is 2.11.